The van der Waals surface area contributed by atoms with Gasteiger partial charge < -0.3 is 14.7 Å². The van der Waals surface area contributed by atoms with Crippen LogP contribution in [0.2, 0.25) is 0 Å². The normalized spacial score (nSPS) is 16.2. The summed E-state index contributed by atoms with van der Waals surface area (Å²) in [4.78, 5) is 35.5. The summed E-state index contributed by atoms with van der Waals surface area (Å²) in [5.41, 5.74) is -1.33. The Kier molecular flexibility index (Phi) is 5.38. The average Bonchev–Trinajstić information content (AvgIpc) is 2.59. The third-order valence-corrected chi connectivity index (χ3v) is 4.49. The molecule has 0 radical (unpaired) electrons. The van der Waals surface area contributed by atoms with Crippen LogP contribution in [0.25, 0.3) is 0 Å². The molecule has 0 unspecified atom stereocenters. The summed E-state index contributed by atoms with van der Waals surface area (Å²) in [7, 11) is 1.47. The molecule has 1 aliphatic carbocycles. The number of aliphatic carboxylic acids is 1. The smallest absolute Gasteiger partial charge is 0.329 e. The first-order valence-electron chi connectivity index (χ1n) is 7.74. The molecular formula is C16H20N2O6. The monoisotopic (exact) mass is 336 g/mol. The number of rotatable bonds is 6. The lowest BCUT2D eigenvalue weighted by molar-refractivity contribution is -0.384. The molecular weight excluding hydrogens is 316 g/mol. The maximum atomic E-state index is 12.3. The van der Waals surface area contributed by atoms with Crippen molar-refractivity contribution < 1.29 is 24.4 Å². The van der Waals surface area contributed by atoms with E-state index in [1.54, 1.807) is 0 Å². The van der Waals surface area contributed by atoms with Crippen molar-refractivity contribution in [3.63, 3.8) is 0 Å². The fourth-order valence-electron chi connectivity index (χ4n) is 3.00. The van der Waals surface area contributed by atoms with Gasteiger partial charge >= 0.3 is 5.97 Å². The zero-order valence-electron chi connectivity index (χ0n) is 13.4. The molecule has 0 aliphatic heterocycles. The van der Waals surface area contributed by atoms with E-state index in [1.165, 1.54) is 36.2 Å². The summed E-state index contributed by atoms with van der Waals surface area (Å²) in [6, 6.07) is 5.51. The van der Waals surface area contributed by atoms with E-state index in [2.05, 4.69) is 0 Å². The summed E-state index contributed by atoms with van der Waals surface area (Å²) < 4.78 is 5.31. The Bertz CT molecular complexity index is 639. The molecule has 0 aromatic heterocycles. The fraction of sp³-hybridized carbons (Fsp3) is 0.500. The quantitative estimate of drug-likeness (QED) is 0.630. The SMILES string of the molecule is CN(C(=O)COc1cccc([N+](=O)[O-])c1)C1(C(=O)O)CCCCC1. The van der Waals surface area contributed by atoms with Crippen LogP contribution in [0, 0.1) is 10.1 Å². The van der Waals surface area contributed by atoms with Crippen molar-refractivity contribution in [2.24, 2.45) is 0 Å². The Hall–Kier alpha value is -2.64. The highest BCUT2D eigenvalue weighted by atomic mass is 16.6. The number of carbonyl (C=O) groups excluding carboxylic acids is 1. The van der Waals surface area contributed by atoms with Gasteiger partial charge in [-0.2, -0.15) is 0 Å². The van der Waals surface area contributed by atoms with E-state index in [0.29, 0.717) is 12.8 Å². The summed E-state index contributed by atoms with van der Waals surface area (Å²) in [5.74, 6) is -1.28. The topological polar surface area (TPSA) is 110 Å². The van der Waals surface area contributed by atoms with Crippen molar-refractivity contribution in [3.8, 4) is 5.75 Å². The number of likely N-dealkylation sites (N-methyl/N-ethyl adjacent to an activating group) is 1. The van der Waals surface area contributed by atoms with Gasteiger partial charge in [-0.25, -0.2) is 4.79 Å². The molecule has 8 heteroatoms. The van der Waals surface area contributed by atoms with Crippen molar-refractivity contribution >= 4 is 17.6 Å². The van der Waals surface area contributed by atoms with E-state index in [1.807, 2.05) is 0 Å². The minimum absolute atomic E-state index is 0.136. The predicted molar refractivity (Wildman–Crippen MR) is 84.8 cm³/mol. The van der Waals surface area contributed by atoms with E-state index in [0.717, 1.165) is 19.3 Å². The number of nitro groups is 1. The van der Waals surface area contributed by atoms with E-state index < -0.39 is 22.3 Å². The lowest BCUT2D eigenvalue weighted by Gasteiger charge is -2.40. The van der Waals surface area contributed by atoms with Gasteiger partial charge in [-0.1, -0.05) is 25.3 Å². The number of hydrogen-bond donors (Lipinski definition) is 1. The van der Waals surface area contributed by atoms with Gasteiger partial charge in [0.25, 0.3) is 11.6 Å². The molecule has 1 aromatic carbocycles. The number of carboxylic acid groups (broad SMARTS) is 1. The number of ether oxygens (including phenoxy) is 1. The molecule has 1 aromatic rings. The van der Waals surface area contributed by atoms with Crippen LogP contribution >= 0.6 is 0 Å². The van der Waals surface area contributed by atoms with Crippen molar-refractivity contribution in [2.45, 2.75) is 37.6 Å². The molecule has 24 heavy (non-hydrogen) atoms. The number of hydrogen-bond acceptors (Lipinski definition) is 5. The number of carbonyl (C=O) groups is 2. The second kappa shape index (κ2) is 7.29. The third-order valence-electron chi connectivity index (χ3n) is 4.49. The van der Waals surface area contributed by atoms with Crippen LogP contribution in [0.5, 0.6) is 5.75 Å². The zero-order valence-corrected chi connectivity index (χ0v) is 13.4. The lowest BCUT2D eigenvalue weighted by atomic mass is 9.80. The third kappa shape index (κ3) is 3.64. The Morgan fingerprint density at radius 3 is 2.58 bits per heavy atom. The van der Waals surface area contributed by atoms with Gasteiger partial charge in [-0.15, -0.1) is 0 Å². The average molecular weight is 336 g/mol. The van der Waals surface area contributed by atoms with Gasteiger partial charge in [-0.05, 0) is 18.9 Å². The molecule has 0 atom stereocenters. The first kappa shape index (κ1) is 17.7. The molecule has 2 rings (SSSR count). The Labute approximate surface area is 139 Å². The highest BCUT2D eigenvalue weighted by molar-refractivity contribution is 5.87. The Morgan fingerprint density at radius 2 is 2.00 bits per heavy atom. The molecule has 1 aliphatic rings. The summed E-state index contributed by atoms with van der Waals surface area (Å²) in [6.45, 7) is -0.368. The van der Waals surface area contributed by atoms with Gasteiger partial charge in [0.1, 0.15) is 11.3 Å². The van der Waals surface area contributed by atoms with Gasteiger partial charge in [0.05, 0.1) is 11.0 Å². The first-order valence-corrected chi connectivity index (χ1v) is 7.74. The fourth-order valence-corrected chi connectivity index (χ4v) is 3.00. The standard InChI is InChI=1S/C16H20N2O6/c1-17(16(15(20)21)8-3-2-4-9-16)14(19)11-24-13-7-5-6-12(10-13)18(22)23/h5-7,10H,2-4,8-9,11H2,1H3,(H,20,21). The number of nitro benzene ring substituents is 1. The summed E-state index contributed by atoms with van der Waals surface area (Å²) in [5, 5.41) is 20.3. The van der Waals surface area contributed by atoms with Crippen LogP contribution in [0.4, 0.5) is 5.69 Å². The Balaban J connectivity index is 2.04. The van der Waals surface area contributed by atoms with Crippen LogP contribution in [0.15, 0.2) is 24.3 Å². The Morgan fingerprint density at radius 1 is 1.33 bits per heavy atom. The number of amides is 1. The zero-order chi connectivity index (χ0) is 17.7. The molecule has 0 saturated heterocycles. The molecule has 0 bridgehead atoms. The van der Waals surface area contributed by atoms with E-state index in [9.17, 15) is 24.8 Å². The molecule has 1 amide bonds. The lowest BCUT2D eigenvalue weighted by Crippen LogP contribution is -2.57. The van der Waals surface area contributed by atoms with Crippen LogP contribution in [-0.4, -0.2) is 46.0 Å². The van der Waals surface area contributed by atoms with Crippen molar-refractivity contribution in [1.82, 2.24) is 4.90 Å². The predicted octanol–water partition coefficient (Wildman–Crippen LogP) is 2.22. The molecule has 1 N–H and O–H groups in total. The molecule has 8 nitrogen and oxygen atoms in total. The molecule has 0 heterocycles. The minimum Gasteiger partial charge on any atom is -0.484 e. The van der Waals surface area contributed by atoms with Gasteiger partial charge in [0.15, 0.2) is 6.61 Å². The highest BCUT2D eigenvalue weighted by Crippen LogP contribution is 2.33. The summed E-state index contributed by atoms with van der Waals surface area (Å²) in [6.07, 6.45) is 3.31. The highest BCUT2D eigenvalue weighted by Gasteiger charge is 2.45. The van der Waals surface area contributed by atoms with Gasteiger partial charge in [-0.3, -0.25) is 14.9 Å². The van der Waals surface area contributed by atoms with E-state index in [4.69, 9.17) is 4.74 Å². The first-order chi connectivity index (χ1) is 11.4. The second-order valence-electron chi connectivity index (χ2n) is 5.89. The maximum absolute atomic E-state index is 12.3. The number of carboxylic acids is 1. The number of nitrogens with zero attached hydrogens (tertiary/aromatic N) is 2. The molecule has 0 spiro atoms. The minimum atomic E-state index is -1.19. The number of benzene rings is 1. The maximum Gasteiger partial charge on any atom is 0.329 e. The van der Waals surface area contributed by atoms with Crippen molar-refractivity contribution in [3.05, 3.63) is 34.4 Å². The van der Waals surface area contributed by atoms with Crippen LogP contribution < -0.4 is 4.74 Å². The van der Waals surface area contributed by atoms with Gasteiger partial charge in [0.2, 0.25) is 0 Å². The van der Waals surface area contributed by atoms with Crippen molar-refractivity contribution in [2.75, 3.05) is 13.7 Å². The number of non-ortho nitro benzene ring substituents is 1. The van der Waals surface area contributed by atoms with Crippen LogP contribution in [-0.2, 0) is 9.59 Å². The largest absolute Gasteiger partial charge is 0.484 e. The van der Waals surface area contributed by atoms with E-state index >= 15 is 0 Å². The molecule has 130 valence electrons. The van der Waals surface area contributed by atoms with Crippen LogP contribution in [0.3, 0.4) is 0 Å². The summed E-state index contributed by atoms with van der Waals surface area (Å²) >= 11 is 0. The van der Waals surface area contributed by atoms with E-state index in [-0.39, 0.29) is 18.0 Å². The molecule has 1 saturated carbocycles. The van der Waals surface area contributed by atoms with Crippen LogP contribution in [0.1, 0.15) is 32.1 Å². The second-order valence-corrected chi connectivity index (χ2v) is 5.89. The van der Waals surface area contributed by atoms with Gasteiger partial charge in [0, 0.05) is 13.1 Å². The molecule has 1 fully saturated rings. The van der Waals surface area contributed by atoms with Crippen molar-refractivity contribution in [1.29, 1.82) is 0 Å².